The summed E-state index contributed by atoms with van der Waals surface area (Å²) in [6.45, 7) is 25.5. The lowest BCUT2D eigenvalue weighted by Crippen LogP contribution is -2.61. The smallest absolute Gasteiger partial charge is 0.252 e. The van der Waals surface area contributed by atoms with Gasteiger partial charge in [-0.1, -0.05) is 246 Å². The molecule has 11 aromatic rings. The fourth-order valence-electron chi connectivity index (χ4n) is 13.8. The maximum Gasteiger partial charge on any atom is 0.252 e. The molecule has 0 bridgehead atoms. The number of hydrogen-bond donors (Lipinski definition) is 0. The minimum absolute atomic E-state index is 0.0111. The maximum atomic E-state index is 2.60. The van der Waals surface area contributed by atoms with Crippen LogP contribution < -0.4 is 31.1 Å². The third-order valence-corrected chi connectivity index (χ3v) is 18.5. The van der Waals surface area contributed by atoms with Gasteiger partial charge in [0.05, 0.1) is 0 Å². The van der Waals surface area contributed by atoms with Crippen LogP contribution in [-0.4, -0.2) is 6.71 Å². The second-order valence-electron chi connectivity index (χ2n) is 27.5. The number of nitrogens with zero attached hydrogens (tertiary/aromatic N) is 3. The minimum Gasteiger partial charge on any atom is -0.311 e. The molecule has 3 nitrogen and oxygen atoms in total. The Morgan fingerprint density at radius 3 is 1.35 bits per heavy atom. The van der Waals surface area contributed by atoms with E-state index in [-0.39, 0.29) is 28.4 Å². The van der Waals surface area contributed by atoms with Crippen LogP contribution in [0.3, 0.4) is 0 Å². The zero-order chi connectivity index (χ0) is 58.7. The van der Waals surface area contributed by atoms with Crippen LogP contribution in [0.15, 0.2) is 249 Å². The summed E-state index contributed by atoms with van der Waals surface area (Å²) in [6.07, 6.45) is 0. The van der Waals surface area contributed by atoms with Crippen molar-refractivity contribution in [2.24, 2.45) is 0 Å². The van der Waals surface area contributed by atoms with Crippen LogP contribution in [0.5, 0.6) is 0 Å². The van der Waals surface area contributed by atoms with Gasteiger partial charge in [0.2, 0.25) is 0 Å². The average molecular weight is 1100 g/mol. The lowest BCUT2D eigenvalue weighted by atomic mass is 9.33. The lowest BCUT2D eigenvalue weighted by Gasteiger charge is -2.45. The predicted octanol–water partition coefficient (Wildman–Crippen LogP) is 20.4. The van der Waals surface area contributed by atoms with E-state index in [1.807, 2.05) is 0 Å². The molecular formula is C81H74BN3. The van der Waals surface area contributed by atoms with Gasteiger partial charge in [0.15, 0.2) is 0 Å². The second kappa shape index (κ2) is 20.0. The lowest BCUT2D eigenvalue weighted by molar-refractivity contribution is 0.590. The molecule has 0 saturated heterocycles. The van der Waals surface area contributed by atoms with E-state index in [4.69, 9.17) is 0 Å². The molecule has 0 amide bonds. The Hall–Kier alpha value is -9.12. The Morgan fingerprint density at radius 1 is 0.329 bits per heavy atom. The van der Waals surface area contributed by atoms with Crippen LogP contribution >= 0.6 is 0 Å². The molecule has 3 aliphatic rings. The highest BCUT2D eigenvalue weighted by Gasteiger charge is 2.45. The summed E-state index contributed by atoms with van der Waals surface area (Å²) in [4.78, 5) is 7.63. The van der Waals surface area contributed by atoms with Gasteiger partial charge < -0.3 is 14.7 Å². The maximum absolute atomic E-state index is 2.60. The first-order chi connectivity index (χ1) is 40.8. The number of hydrogen-bond acceptors (Lipinski definition) is 3. The van der Waals surface area contributed by atoms with E-state index in [1.165, 1.54) is 106 Å². The Kier molecular flexibility index (Phi) is 12.7. The third-order valence-electron chi connectivity index (χ3n) is 18.5. The predicted molar refractivity (Wildman–Crippen MR) is 365 cm³/mol. The zero-order valence-electron chi connectivity index (χ0n) is 51.1. The fourth-order valence-corrected chi connectivity index (χ4v) is 13.8. The van der Waals surface area contributed by atoms with Crippen molar-refractivity contribution in [2.75, 3.05) is 14.7 Å². The summed E-state index contributed by atoms with van der Waals surface area (Å²) >= 11 is 0. The van der Waals surface area contributed by atoms with Crippen molar-refractivity contribution in [3.63, 3.8) is 0 Å². The first-order valence-corrected chi connectivity index (χ1v) is 30.4. The van der Waals surface area contributed by atoms with Crippen LogP contribution in [0.4, 0.5) is 51.2 Å². The number of fused-ring (bicyclic) bond motifs is 7. The topological polar surface area (TPSA) is 9.72 Å². The average Bonchev–Trinajstić information content (AvgIpc) is 2.40. The number of rotatable bonds is 8. The summed E-state index contributed by atoms with van der Waals surface area (Å²) < 4.78 is 0. The summed E-state index contributed by atoms with van der Waals surface area (Å²) in [5.41, 5.74) is 30.5. The quantitative estimate of drug-likeness (QED) is 0.140. The van der Waals surface area contributed by atoms with E-state index in [0.717, 1.165) is 34.1 Å². The molecule has 0 aromatic heterocycles. The molecular weight excluding hydrogens is 1030 g/mol. The second-order valence-corrected chi connectivity index (χ2v) is 27.5. The molecule has 0 atom stereocenters. The van der Waals surface area contributed by atoms with Crippen molar-refractivity contribution in [3.05, 3.63) is 277 Å². The van der Waals surface area contributed by atoms with Crippen LogP contribution in [0.2, 0.25) is 0 Å². The first-order valence-electron chi connectivity index (χ1n) is 30.4. The molecule has 85 heavy (non-hydrogen) atoms. The van der Waals surface area contributed by atoms with Crippen LogP contribution in [0.1, 0.15) is 104 Å². The van der Waals surface area contributed by atoms with Gasteiger partial charge in [-0.2, -0.15) is 0 Å². The Morgan fingerprint density at radius 2 is 0.788 bits per heavy atom. The highest BCUT2D eigenvalue weighted by Crippen LogP contribution is 2.53. The fraction of sp³-hybridized carbons (Fsp3) is 0.185. The van der Waals surface area contributed by atoms with E-state index in [0.29, 0.717) is 0 Å². The molecule has 2 aliphatic heterocycles. The van der Waals surface area contributed by atoms with Crippen molar-refractivity contribution in [1.82, 2.24) is 0 Å². The van der Waals surface area contributed by atoms with Crippen molar-refractivity contribution in [2.45, 2.75) is 97.8 Å². The molecule has 0 N–H and O–H groups in total. The van der Waals surface area contributed by atoms with Gasteiger partial charge >= 0.3 is 0 Å². The summed E-state index contributed by atoms with van der Waals surface area (Å²) in [7, 11) is 0. The van der Waals surface area contributed by atoms with Crippen molar-refractivity contribution in [3.8, 4) is 44.5 Å². The summed E-state index contributed by atoms with van der Waals surface area (Å²) in [6, 6.07) is 94.4. The van der Waals surface area contributed by atoms with Crippen LogP contribution in [0.25, 0.3) is 44.5 Å². The highest BCUT2D eigenvalue weighted by molar-refractivity contribution is 7.00. The summed E-state index contributed by atoms with van der Waals surface area (Å²) in [5, 5.41) is 0. The van der Waals surface area contributed by atoms with E-state index in [2.05, 4.69) is 340 Å². The standard InChI is InChI=1S/C81H74BN3/c1-78(2,3)58-34-42-61(43-35-58)83(62-44-36-59(37-45-62)79(4,5)6)65-46-47-70-73(52-65)85(64-40-31-56(32-41-64)66-26-20-28-69-76(66)67-25-18-19-27-68(67)81(69,10)11)75-51-60(80(7,8)9)50-74-77(75)82(70)71-49-57(54-23-16-13-17-24-54)33-48-72(71)84(74)63-38-29-55(30-39-63)53-21-14-12-15-22-53/h12-52H,1-11H3. The van der Waals surface area contributed by atoms with E-state index in [1.54, 1.807) is 0 Å². The largest absolute Gasteiger partial charge is 0.311 e. The Bertz CT molecular complexity index is 4290. The highest BCUT2D eigenvalue weighted by atomic mass is 15.2. The minimum atomic E-state index is -0.189. The molecule has 0 unspecified atom stereocenters. The SMILES string of the molecule is CC(C)(C)c1ccc(N(c2ccc(C(C)(C)C)cc2)c2ccc3c(c2)N(c2ccc(-c4cccc5c4-c4ccccc4C5(C)C)cc2)c2cc(C(C)(C)C)cc4c2B3c2cc(-c3ccccc3)ccc2N4c2ccc(-c3ccccc3)cc2)cc1. The van der Waals surface area contributed by atoms with Gasteiger partial charge in [-0.3, -0.25) is 0 Å². The van der Waals surface area contributed by atoms with E-state index < -0.39 is 0 Å². The van der Waals surface area contributed by atoms with Gasteiger partial charge in [-0.15, -0.1) is 0 Å². The van der Waals surface area contributed by atoms with Crippen molar-refractivity contribution in [1.29, 1.82) is 0 Å². The molecule has 416 valence electrons. The van der Waals surface area contributed by atoms with Crippen LogP contribution in [-0.2, 0) is 21.7 Å². The number of anilines is 9. The third kappa shape index (κ3) is 9.21. The molecule has 2 heterocycles. The normalized spacial score (nSPS) is 13.8. The van der Waals surface area contributed by atoms with Crippen LogP contribution in [0, 0.1) is 0 Å². The Labute approximate surface area is 505 Å². The van der Waals surface area contributed by atoms with Gasteiger partial charge in [0.25, 0.3) is 6.71 Å². The van der Waals surface area contributed by atoms with Gasteiger partial charge in [-0.25, -0.2) is 0 Å². The molecule has 0 saturated carbocycles. The monoisotopic (exact) mass is 1100 g/mol. The molecule has 14 rings (SSSR count). The van der Waals surface area contributed by atoms with Gasteiger partial charge in [0.1, 0.15) is 0 Å². The molecule has 0 radical (unpaired) electrons. The molecule has 1 aliphatic carbocycles. The van der Waals surface area contributed by atoms with E-state index >= 15 is 0 Å². The first kappa shape index (κ1) is 53.9. The number of benzene rings is 11. The zero-order valence-corrected chi connectivity index (χ0v) is 51.1. The molecule has 11 aromatic carbocycles. The van der Waals surface area contributed by atoms with Crippen molar-refractivity contribution < 1.29 is 0 Å². The Balaban J connectivity index is 1.03. The van der Waals surface area contributed by atoms with Gasteiger partial charge in [0, 0.05) is 56.6 Å². The van der Waals surface area contributed by atoms with Gasteiger partial charge in [-0.05, 0) is 184 Å². The van der Waals surface area contributed by atoms with Crippen molar-refractivity contribution >= 4 is 74.3 Å². The molecule has 0 fully saturated rings. The summed E-state index contributed by atoms with van der Waals surface area (Å²) in [5.74, 6) is 0. The van der Waals surface area contributed by atoms with E-state index in [9.17, 15) is 0 Å². The molecule has 0 spiro atoms. The molecule has 4 heteroatoms.